The number of nitrogens with one attached hydrogen (secondary N) is 3. The van der Waals surface area contributed by atoms with E-state index in [2.05, 4.69) is 30.0 Å². The third-order valence-corrected chi connectivity index (χ3v) is 6.00. The molecule has 2 aromatic heterocycles. The number of anilines is 2. The van der Waals surface area contributed by atoms with Gasteiger partial charge in [-0.1, -0.05) is 6.92 Å². The van der Waals surface area contributed by atoms with Gasteiger partial charge in [-0.2, -0.15) is 0 Å². The smallest absolute Gasteiger partial charge is 0.240 e. The fourth-order valence-electron chi connectivity index (χ4n) is 2.90. The van der Waals surface area contributed by atoms with Gasteiger partial charge >= 0.3 is 0 Å². The van der Waals surface area contributed by atoms with Crippen molar-refractivity contribution in [3.63, 3.8) is 0 Å². The van der Waals surface area contributed by atoms with E-state index in [1.807, 2.05) is 19.9 Å². The highest BCUT2D eigenvalue weighted by atomic mass is 32.2. The van der Waals surface area contributed by atoms with Crippen molar-refractivity contribution in [2.24, 2.45) is 0 Å². The van der Waals surface area contributed by atoms with Crippen LogP contribution in [0.3, 0.4) is 0 Å². The Morgan fingerprint density at radius 3 is 2.57 bits per heavy atom. The zero-order valence-electron chi connectivity index (χ0n) is 15.7. The lowest BCUT2D eigenvalue weighted by Crippen LogP contribution is -2.25. The van der Waals surface area contributed by atoms with Gasteiger partial charge in [0.1, 0.15) is 5.82 Å². The molecule has 0 amide bonds. The van der Waals surface area contributed by atoms with Gasteiger partial charge in [0.15, 0.2) is 0 Å². The van der Waals surface area contributed by atoms with E-state index in [0.717, 1.165) is 42.2 Å². The number of sulfonamides is 1. The van der Waals surface area contributed by atoms with Crippen molar-refractivity contribution in [3.05, 3.63) is 48.0 Å². The quantitative estimate of drug-likeness (QED) is 0.564. The molecule has 3 aromatic rings. The van der Waals surface area contributed by atoms with Gasteiger partial charge in [-0.05, 0) is 56.5 Å². The number of H-pyrrole nitrogens is 1. The maximum Gasteiger partial charge on any atom is 0.240 e. The van der Waals surface area contributed by atoms with Crippen molar-refractivity contribution < 1.29 is 8.42 Å². The SMILES string of the molecule is CCc1nc(C)[nH]c1-c1ccnc(Nc2ccc(S(=O)(=O)NC3CC3)cc2)n1. The third kappa shape index (κ3) is 4.05. The number of benzene rings is 1. The number of aromatic nitrogens is 4. The molecule has 0 saturated heterocycles. The van der Waals surface area contributed by atoms with Crippen molar-refractivity contribution in [2.45, 2.75) is 44.0 Å². The first-order valence-corrected chi connectivity index (χ1v) is 10.7. The zero-order valence-corrected chi connectivity index (χ0v) is 16.5. The maximum atomic E-state index is 12.3. The van der Waals surface area contributed by atoms with E-state index >= 15 is 0 Å². The Kier molecular flexibility index (Phi) is 4.86. The molecule has 3 N–H and O–H groups in total. The van der Waals surface area contributed by atoms with Crippen LogP contribution in [0.25, 0.3) is 11.4 Å². The highest BCUT2D eigenvalue weighted by Gasteiger charge is 2.27. The van der Waals surface area contributed by atoms with E-state index in [0.29, 0.717) is 11.6 Å². The molecule has 8 nitrogen and oxygen atoms in total. The molecule has 1 fully saturated rings. The average Bonchev–Trinajstić information content (AvgIpc) is 3.40. The van der Waals surface area contributed by atoms with Crippen LogP contribution in [0.4, 0.5) is 11.6 Å². The molecule has 0 radical (unpaired) electrons. The van der Waals surface area contributed by atoms with E-state index in [1.165, 1.54) is 0 Å². The second kappa shape index (κ2) is 7.33. The second-order valence-corrected chi connectivity index (χ2v) is 8.52. The molecule has 0 aliphatic heterocycles. The predicted molar refractivity (Wildman–Crippen MR) is 107 cm³/mol. The van der Waals surface area contributed by atoms with Crippen LogP contribution in [0.1, 0.15) is 31.3 Å². The maximum absolute atomic E-state index is 12.3. The van der Waals surface area contributed by atoms with Crippen molar-refractivity contribution in [1.82, 2.24) is 24.7 Å². The Morgan fingerprint density at radius 2 is 1.89 bits per heavy atom. The van der Waals surface area contributed by atoms with Crippen molar-refractivity contribution in [3.8, 4) is 11.4 Å². The first-order valence-electron chi connectivity index (χ1n) is 9.23. The van der Waals surface area contributed by atoms with E-state index < -0.39 is 10.0 Å². The van der Waals surface area contributed by atoms with Crippen LogP contribution >= 0.6 is 0 Å². The number of imidazole rings is 1. The lowest BCUT2D eigenvalue weighted by Gasteiger charge is -2.09. The molecule has 1 aromatic carbocycles. The summed E-state index contributed by atoms with van der Waals surface area (Å²) in [6, 6.07) is 8.47. The van der Waals surface area contributed by atoms with Gasteiger partial charge in [0.05, 0.1) is 22.0 Å². The molecule has 0 spiro atoms. The molecule has 9 heteroatoms. The lowest BCUT2D eigenvalue weighted by atomic mass is 10.2. The number of hydrogen-bond donors (Lipinski definition) is 3. The molecule has 146 valence electrons. The second-order valence-electron chi connectivity index (χ2n) is 6.81. The predicted octanol–water partition coefficient (Wildman–Crippen LogP) is 2.92. The van der Waals surface area contributed by atoms with Crippen LogP contribution in [0.5, 0.6) is 0 Å². The minimum Gasteiger partial charge on any atom is -0.341 e. The molecule has 1 aliphatic rings. The number of aromatic amines is 1. The van der Waals surface area contributed by atoms with Gasteiger partial charge in [-0.3, -0.25) is 0 Å². The van der Waals surface area contributed by atoms with Gasteiger partial charge in [0.25, 0.3) is 0 Å². The molecule has 4 rings (SSSR count). The van der Waals surface area contributed by atoms with Crippen LogP contribution in [0.15, 0.2) is 41.4 Å². The molecule has 0 unspecified atom stereocenters. The van der Waals surface area contributed by atoms with Gasteiger partial charge < -0.3 is 10.3 Å². The Bertz CT molecular complexity index is 1090. The van der Waals surface area contributed by atoms with Crippen LogP contribution < -0.4 is 10.0 Å². The summed E-state index contributed by atoms with van der Waals surface area (Å²) in [5.41, 5.74) is 3.31. The van der Waals surface area contributed by atoms with E-state index in [1.54, 1.807) is 30.5 Å². The topological polar surface area (TPSA) is 113 Å². The van der Waals surface area contributed by atoms with E-state index in [-0.39, 0.29) is 10.9 Å². The summed E-state index contributed by atoms with van der Waals surface area (Å²) in [5.74, 6) is 1.27. The monoisotopic (exact) mass is 398 g/mol. The highest BCUT2D eigenvalue weighted by molar-refractivity contribution is 7.89. The lowest BCUT2D eigenvalue weighted by molar-refractivity contribution is 0.581. The van der Waals surface area contributed by atoms with Crippen LogP contribution in [-0.4, -0.2) is 34.4 Å². The van der Waals surface area contributed by atoms with E-state index in [4.69, 9.17) is 0 Å². The summed E-state index contributed by atoms with van der Waals surface area (Å²) >= 11 is 0. The molecule has 2 heterocycles. The summed E-state index contributed by atoms with van der Waals surface area (Å²) in [5, 5.41) is 3.12. The van der Waals surface area contributed by atoms with Crippen LogP contribution in [0.2, 0.25) is 0 Å². The molecular formula is C19H22N6O2S. The minimum atomic E-state index is -3.45. The molecule has 0 bridgehead atoms. The van der Waals surface area contributed by atoms with Crippen LogP contribution in [0, 0.1) is 6.92 Å². The van der Waals surface area contributed by atoms with Crippen molar-refractivity contribution >= 4 is 21.7 Å². The standard InChI is InChI=1S/C19H22N6O2S/c1-3-16-18(22-12(2)21-16)17-10-11-20-19(24-17)23-13-6-8-15(9-7-13)28(26,27)25-14-4-5-14/h6-11,14,25H,3-5H2,1-2H3,(H,21,22)(H,20,23,24). The van der Waals surface area contributed by atoms with Crippen LogP contribution in [-0.2, 0) is 16.4 Å². The first kappa shape index (κ1) is 18.6. The molecule has 28 heavy (non-hydrogen) atoms. The van der Waals surface area contributed by atoms with Gasteiger partial charge in [-0.25, -0.2) is 28.1 Å². The summed E-state index contributed by atoms with van der Waals surface area (Å²) in [6.07, 6.45) is 4.29. The van der Waals surface area contributed by atoms with E-state index in [9.17, 15) is 8.42 Å². The molecular weight excluding hydrogens is 376 g/mol. The Morgan fingerprint density at radius 1 is 1.14 bits per heavy atom. The average molecular weight is 398 g/mol. The summed E-state index contributed by atoms with van der Waals surface area (Å²) < 4.78 is 27.2. The van der Waals surface area contributed by atoms with Gasteiger partial charge in [0, 0.05) is 17.9 Å². The first-order chi connectivity index (χ1) is 13.4. The Balaban J connectivity index is 1.53. The summed E-state index contributed by atoms with van der Waals surface area (Å²) in [4.78, 5) is 16.8. The Hall–Kier alpha value is -2.78. The summed E-state index contributed by atoms with van der Waals surface area (Å²) in [6.45, 7) is 3.96. The van der Waals surface area contributed by atoms with Crippen molar-refractivity contribution in [2.75, 3.05) is 5.32 Å². The molecule has 1 aliphatic carbocycles. The number of hydrogen-bond acceptors (Lipinski definition) is 6. The third-order valence-electron chi connectivity index (χ3n) is 4.46. The fourth-order valence-corrected chi connectivity index (χ4v) is 4.21. The summed E-state index contributed by atoms with van der Waals surface area (Å²) in [7, 11) is -3.45. The number of rotatable bonds is 7. The molecule has 0 atom stereocenters. The zero-order chi connectivity index (χ0) is 19.7. The van der Waals surface area contributed by atoms with Gasteiger partial charge in [0.2, 0.25) is 16.0 Å². The molecule has 1 saturated carbocycles. The minimum absolute atomic E-state index is 0.0815. The van der Waals surface area contributed by atoms with Gasteiger partial charge in [-0.15, -0.1) is 0 Å². The highest BCUT2D eigenvalue weighted by Crippen LogP contribution is 2.24. The normalized spacial score (nSPS) is 14.2. The fraction of sp³-hybridized carbons (Fsp3) is 0.316. The Labute approximate surface area is 163 Å². The number of aryl methyl sites for hydroxylation is 2. The largest absolute Gasteiger partial charge is 0.341 e. The van der Waals surface area contributed by atoms with Crippen molar-refractivity contribution in [1.29, 1.82) is 0 Å². The number of nitrogens with zero attached hydrogens (tertiary/aromatic N) is 3.